The molecule has 0 radical (unpaired) electrons. The Kier molecular flexibility index (Phi) is 4.90. The van der Waals surface area contributed by atoms with Crippen LogP contribution >= 0.6 is 11.3 Å². The van der Waals surface area contributed by atoms with E-state index < -0.39 is 0 Å². The highest BCUT2D eigenvalue weighted by atomic mass is 32.1. The van der Waals surface area contributed by atoms with Crippen LogP contribution in [-0.4, -0.2) is 40.6 Å². The van der Waals surface area contributed by atoms with E-state index in [1.54, 1.807) is 11.3 Å². The van der Waals surface area contributed by atoms with Gasteiger partial charge in [0.15, 0.2) is 0 Å². The van der Waals surface area contributed by atoms with Crippen LogP contribution in [0, 0.1) is 6.92 Å². The Balaban J connectivity index is 1.48. The maximum absolute atomic E-state index is 12.1. The van der Waals surface area contributed by atoms with E-state index in [1.807, 2.05) is 24.4 Å². The number of rotatable bonds is 5. The highest BCUT2D eigenvalue weighted by Crippen LogP contribution is 2.25. The van der Waals surface area contributed by atoms with Gasteiger partial charge in [0.05, 0.1) is 18.8 Å². The minimum Gasteiger partial charge on any atom is -0.350 e. The zero-order valence-electron chi connectivity index (χ0n) is 12.8. The van der Waals surface area contributed by atoms with Crippen molar-refractivity contribution in [2.24, 2.45) is 0 Å². The molecule has 2 N–H and O–H groups in total. The lowest BCUT2D eigenvalue weighted by Gasteiger charge is -2.31. The standard InChI is InChI=1S/C16H22N4OS/c1-12-8-15(19-18-12)13-4-2-6-20(10-13)11-16(21)17-9-14-5-3-7-22-14/h3,5,7-8,13H,2,4,6,9-11H2,1H3,(H,17,21)(H,18,19). The number of piperidine rings is 1. The van der Waals surface area contributed by atoms with E-state index in [4.69, 9.17) is 0 Å². The first-order chi connectivity index (χ1) is 10.7. The highest BCUT2D eigenvalue weighted by molar-refractivity contribution is 7.09. The van der Waals surface area contributed by atoms with Crippen molar-refractivity contribution >= 4 is 17.2 Å². The van der Waals surface area contributed by atoms with E-state index in [0.717, 1.165) is 37.3 Å². The highest BCUT2D eigenvalue weighted by Gasteiger charge is 2.24. The van der Waals surface area contributed by atoms with Crippen LogP contribution in [0.4, 0.5) is 0 Å². The average Bonchev–Trinajstić information content (AvgIpc) is 3.17. The van der Waals surface area contributed by atoms with Crippen LogP contribution in [0.15, 0.2) is 23.6 Å². The number of thiophene rings is 1. The summed E-state index contributed by atoms with van der Waals surface area (Å²) in [6, 6.07) is 6.17. The number of aromatic nitrogens is 2. The summed E-state index contributed by atoms with van der Waals surface area (Å²) < 4.78 is 0. The molecule has 1 aliphatic rings. The Morgan fingerprint density at radius 2 is 2.50 bits per heavy atom. The molecule has 1 fully saturated rings. The zero-order valence-corrected chi connectivity index (χ0v) is 13.7. The maximum atomic E-state index is 12.1. The predicted molar refractivity (Wildman–Crippen MR) is 87.9 cm³/mol. The average molecular weight is 318 g/mol. The number of nitrogens with one attached hydrogen (secondary N) is 2. The first-order valence-corrected chi connectivity index (χ1v) is 8.62. The number of carbonyl (C=O) groups is 1. The van der Waals surface area contributed by atoms with Gasteiger partial charge in [0.1, 0.15) is 0 Å². The molecule has 1 unspecified atom stereocenters. The summed E-state index contributed by atoms with van der Waals surface area (Å²) in [5, 5.41) is 12.4. The second-order valence-electron chi connectivity index (χ2n) is 5.91. The molecule has 3 heterocycles. The lowest BCUT2D eigenvalue weighted by molar-refractivity contribution is -0.122. The van der Waals surface area contributed by atoms with Crippen LogP contribution < -0.4 is 5.32 Å². The number of H-pyrrole nitrogens is 1. The van der Waals surface area contributed by atoms with Crippen molar-refractivity contribution < 1.29 is 4.79 Å². The second kappa shape index (κ2) is 7.07. The Labute approximate surface area is 134 Å². The molecule has 118 valence electrons. The molecule has 2 aromatic heterocycles. The van der Waals surface area contributed by atoms with E-state index in [1.165, 1.54) is 4.88 Å². The number of likely N-dealkylation sites (tertiary alicyclic amines) is 1. The van der Waals surface area contributed by atoms with Gasteiger partial charge in [0.2, 0.25) is 5.91 Å². The molecule has 0 spiro atoms. The minimum absolute atomic E-state index is 0.104. The summed E-state index contributed by atoms with van der Waals surface area (Å²) in [6.07, 6.45) is 2.27. The zero-order chi connectivity index (χ0) is 15.4. The Morgan fingerprint density at radius 3 is 3.23 bits per heavy atom. The molecule has 1 saturated heterocycles. The molecule has 3 rings (SSSR count). The number of amides is 1. The first kappa shape index (κ1) is 15.2. The lowest BCUT2D eigenvalue weighted by Crippen LogP contribution is -2.41. The van der Waals surface area contributed by atoms with Crippen molar-refractivity contribution in [2.45, 2.75) is 32.2 Å². The molecule has 22 heavy (non-hydrogen) atoms. The number of aromatic amines is 1. The summed E-state index contributed by atoms with van der Waals surface area (Å²) in [5.41, 5.74) is 2.22. The summed E-state index contributed by atoms with van der Waals surface area (Å²) in [7, 11) is 0. The van der Waals surface area contributed by atoms with Gasteiger partial charge in [-0.3, -0.25) is 14.8 Å². The number of hydrogen-bond donors (Lipinski definition) is 2. The van der Waals surface area contributed by atoms with Gasteiger partial charge >= 0.3 is 0 Å². The molecular formula is C16H22N4OS. The van der Waals surface area contributed by atoms with E-state index >= 15 is 0 Å². The Morgan fingerprint density at radius 1 is 1.59 bits per heavy atom. The largest absolute Gasteiger partial charge is 0.350 e. The van der Waals surface area contributed by atoms with Crippen molar-refractivity contribution in [3.8, 4) is 0 Å². The monoisotopic (exact) mass is 318 g/mol. The van der Waals surface area contributed by atoms with E-state index in [9.17, 15) is 4.79 Å². The van der Waals surface area contributed by atoms with Gasteiger partial charge in [-0.05, 0) is 43.8 Å². The fourth-order valence-electron chi connectivity index (χ4n) is 2.95. The summed E-state index contributed by atoms with van der Waals surface area (Å²) in [6.45, 7) is 5.04. The molecule has 1 atom stereocenters. The van der Waals surface area contributed by atoms with Crippen molar-refractivity contribution in [3.05, 3.63) is 39.8 Å². The van der Waals surface area contributed by atoms with E-state index in [0.29, 0.717) is 19.0 Å². The molecule has 1 aliphatic heterocycles. The normalized spacial score (nSPS) is 19.2. The molecule has 0 bridgehead atoms. The minimum atomic E-state index is 0.104. The van der Waals surface area contributed by atoms with Crippen molar-refractivity contribution in [1.29, 1.82) is 0 Å². The van der Waals surface area contributed by atoms with Crippen LogP contribution in [0.2, 0.25) is 0 Å². The molecule has 0 aromatic carbocycles. The van der Waals surface area contributed by atoms with Crippen LogP contribution in [0.5, 0.6) is 0 Å². The van der Waals surface area contributed by atoms with Crippen LogP contribution in [0.1, 0.15) is 35.0 Å². The van der Waals surface area contributed by atoms with Crippen LogP contribution in [0.3, 0.4) is 0 Å². The Bertz CT molecular complexity index is 607. The molecular weight excluding hydrogens is 296 g/mol. The number of aryl methyl sites for hydroxylation is 1. The van der Waals surface area contributed by atoms with Gasteiger partial charge in [0, 0.05) is 23.0 Å². The smallest absolute Gasteiger partial charge is 0.234 e. The lowest BCUT2D eigenvalue weighted by atomic mass is 9.94. The topological polar surface area (TPSA) is 61.0 Å². The quantitative estimate of drug-likeness (QED) is 0.889. The molecule has 2 aromatic rings. The van der Waals surface area contributed by atoms with Gasteiger partial charge in [-0.2, -0.15) is 5.10 Å². The van der Waals surface area contributed by atoms with E-state index in [2.05, 4.69) is 26.5 Å². The molecule has 1 amide bonds. The summed E-state index contributed by atoms with van der Waals surface area (Å²) in [5.74, 6) is 0.538. The molecule has 6 heteroatoms. The number of carbonyl (C=O) groups excluding carboxylic acids is 1. The van der Waals surface area contributed by atoms with Crippen molar-refractivity contribution in [1.82, 2.24) is 20.4 Å². The van der Waals surface area contributed by atoms with Gasteiger partial charge < -0.3 is 5.32 Å². The van der Waals surface area contributed by atoms with Gasteiger partial charge in [-0.1, -0.05) is 6.07 Å². The SMILES string of the molecule is Cc1cc(C2CCCN(CC(=O)NCc3cccs3)C2)n[nH]1. The predicted octanol–water partition coefficient (Wildman–Crippen LogP) is 2.28. The fraction of sp³-hybridized carbons (Fsp3) is 0.500. The molecule has 0 saturated carbocycles. The summed E-state index contributed by atoms with van der Waals surface area (Å²) in [4.78, 5) is 15.5. The van der Waals surface area contributed by atoms with Crippen LogP contribution in [0.25, 0.3) is 0 Å². The third kappa shape index (κ3) is 3.96. The van der Waals surface area contributed by atoms with E-state index in [-0.39, 0.29) is 5.91 Å². The van der Waals surface area contributed by atoms with Gasteiger partial charge in [-0.15, -0.1) is 11.3 Å². The molecule has 0 aliphatic carbocycles. The third-order valence-electron chi connectivity index (χ3n) is 4.06. The maximum Gasteiger partial charge on any atom is 0.234 e. The van der Waals surface area contributed by atoms with Gasteiger partial charge in [-0.25, -0.2) is 0 Å². The first-order valence-electron chi connectivity index (χ1n) is 7.74. The number of hydrogen-bond acceptors (Lipinski definition) is 4. The Hall–Kier alpha value is -1.66. The molecule has 5 nitrogen and oxygen atoms in total. The summed E-state index contributed by atoms with van der Waals surface area (Å²) >= 11 is 1.67. The van der Waals surface area contributed by atoms with Crippen LogP contribution in [-0.2, 0) is 11.3 Å². The fourth-order valence-corrected chi connectivity index (χ4v) is 3.59. The van der Waals surface area contributed by atoms with Gasteiger partial charge in [0.25, 0.3) is 0 Å². The van der Waals surface area contributed by atoms with Crippen molar-refractivity contribution in [3.63, 3.8) is 0 Å². The number of nitrogens with zero attached hydrogens (tertiary/aromatic N) is 2. The third-order valence-corrected chi connectivity index (χ3v) is 4.93. The second-order valence-corrected chi connectivity index (χ2v) is 6.94. The van der Waals surface area contributed by atoms with Crippen molar-refractivity contribution in [2.75, 3.05) is 19.6 Å².